The number of hydrogen-bond donors (Lipinski definition) is 0. The Hall–Kier alpha value is -1.57. The van der Waals surface area contributed by atoms with Crippen LogP contribution in [0.4, 0.5) is 0 Å². The Morgan fingerprint density at radius 1 is 1.17 bits per heavy atom. The molecule has 0 radical (unpaired) electrons. The highest BCUT2D eigenvalue weighted by Gasteiger charge is 2.32. The van der Waals surface area contributed by atoms with Crippen LogP contribution in [0.1, 0.15) is 29.6 Å². The number of nitrogens with zero attached hydrogens (tertiary/aromatic N) is 4. The Balaban J connectivity index is 1.37. The van der Waals surface area contributed by atoms with Crippen LogP contribution in [-0.2, 0) is 4.74 Å². The maximum Gasteiger partial charge on any atom is 0.253 e. The Morgan fingerprint density at radius 3 is 2.71 bits per heavy atom. The van der Waals surface area contributed by atoms with E-state index in [2.05, 4.69) is 13.6 Å². The molecule has 128 valence electrons. The number of carbonyl (C=O) groups is 1. The third kappa shape index (κ3) is 3.03. The highest BCUT2D eigenvalue weighted by atomic mass is 32.1. The lowest BCUT2D eigenvalue weighted by Crippen LogP contribution is -2.46. The van der Waals surface area contributed by atoms with Crippen molar-refractivity contribution in [3.05, 3.63) is 23.8 Å². The van der Waals surface area contributed by atoms with Gasteiger partial charge in [-0.05, 0) is 37.5 Å². The highest BCUT2D eigenvalue weighted by molar-refractivity contribution is 7.00. The maximum atomic E-state index is 12.7. The van der Waals surface area contributed by atoms with Crippen molar-refractivity contribution in [2.45, 2.75) is 31.4 Å². The number of fused-ring (bicyclic) bond motifs is 1. The number of rotatable bonds is 3. The lowest BCUT2D eigenvalue weighted by Gasteiger charge is -2.36. The smallest absolute Gasteiger partial charge is 0.253 e. The third-order valence-electron chi connectivity index (χ3n) is 5.28. The van der Waals surface area contributed by atoms with Crippen LogP contribution in [0.25, 0.3) is 11.0 Å². The Bertz CT molecular complexity index is 726. The van der Waals surface area contributed by atoms with Crippen molar-refractivity contribution < 1.29 is 9.53 Å². The van der Waals surface area contributed by atoms with E-state index in [1.165, 1.54) is 11.7 Å². The molecular formula is C17H22N4O2S. The summed E-state index contributed by atoms with van der Waals surface area (Å²) in [5.74, 6) is 0.111. The fourth-order valence-corrected chi connectivity index (χ4v) is 4.33. The molecular weight excluding hydrogens is 324 g/mol. The quantitative estimate of drug-likeness (QED) is 0.851. The van der Waals surface area contributed by atoms with E-state index in [1.807, 2.05) is 23.1 Å². The number of likely N-dealkylation sites (tertiary alicyclic amines) is 2. The largest absolute Gasteiger partial charge is 0.380 e. The van der Waals surface area contributed by atoms with Crippen LogP contribution >= 0.6 is 11.7 Å². The summed E-state index contributed by atoms with van der Waals surface area (Å²) in [5, 5.41) is 0. The minimum Gasteiger partial charge on any atom is -0.380 e. The molecule has 0 N–H and O–H groups in total. The van der Waals surface area contributed by atoms with Crippen LogP contribution in [0.15, 0.2) is 18.2 Å². The van der Waals surface area contributed by atoms with Gasteiger partial charge in [-0.2, -0.15) is 8.75 Å². The van der Waals surface area contributed by atoms with Gasteiger partial charge >= 0.3 is 0 Å². The van der Waals surface area contributed by atoms with Crippen molar-refractivity contribution in [1.29, 1.82) is 0 Å². The number of aromatic nitrogens is 2. The fraction of sp³-hybridized carbons (Fsp3) is 0.588. The van der Waals surface area contributed by atoms with E-state index >= 15 is 0 Å². The average molecular weight is 346 g/mol. The molecule has 7 heteroatoms. The normalized spacial score (nSPS) is 23.2. The first-order chi connectivity index (χ1) is 11.7. The van der Waals surface area contributed by atoms with Gasteiger partial charge in [0.2, 0.25) is 0 Å². The van der Waals surface area contributed by atoms with Gasteiger partial charge in [-0.1, -0.05) is 0 Å². The molecule has 4 rings (SSSR count). The van der Waals surface area contributed by atoms with Crippen molar-refractivity contribution >= 4 is 28.7 Å². The lowest BCUT2D eigenvalue weighted by atomic mass is 10.0. The van der Waals surface area contributed by atoms with Crippen LogP contribution in [0, 0.1) is 0 Å². The predicted octanol–water partition coefficient (Wildman–Crippen LogP) is 2.02. The molecule has 2 fully saturated rings. The van der Waals surface area contributed by atoms with Gasteiger partial charge in [0, 0.05) is 44.9 Å². The zero-order valence-corrected chi connectivity index (χ0v) is 14.7. The first-order valence-electron chi connectivity index (χ1n) is 8.53. The molecule has 0 bridgehead atoms. The van der Waals surface area contributed by atoms with E-state index in [-0.39, 0.29) is 5.91 Å². The number of methoxy groups -OCH3 is 1. The summed E-state index contributed by atoms with van der Waals surface area (Å²) >= 11 is 1.18. The van der Waals surface area contributed by atoms with Crippen LogP contribution in [-0.4, -0.2) is 69.9 Å². The zero-order valence-electron chi connectivity index (χ0n) is 13.9. The van der Waals surface area contributed by atoms with Gasteiger partial charge in [-0.3, -0.25) is 9.69 Å². The molecule has 2 saturated heterocycles. The van der Waals surface area contributed by atoms with Gasteiger partial charge in [0.15, 0.2) is 0 Å². The lowest BCUT2D eigenvalue weighted by molar-refractivity contribution is 0.0603. The first-order valence-corrected chi connectivity index (χ1v) is 9.26. The van der Waals surface area contributed by atoms with Crippen molar-refractivity contribution in [2.24, 2.45) is 0 Å². The monoisotopic (exact) mass is 346 g/mol. The van der Waals surface area contributed by atoms with Gasteiger partial charge in [0.1, 0.15) is 11.0 Å². The second kappa shape index (κ2) is 6.74. The first kappa shape index (κ1) is 15.9. The highest BCUT2D eigenvalue weighted by Crippen LogP contribution is 2.24. The molecule has 1 aromatic carbocycles. The summed E-state index contributed by atoms with van der Waals surface area (Å²) in [4.78, 5) is 17.2. The molecule has 3 heterocycles. The molecule has 1 atom stereocenters. The summed E-state index contributed by atoms with van der Waals surface area (Å²) in [5.41, 5.74) is 2.38. The second-order valence-corrected chi connectivity index (χ2v) is 7.16. The molecule has 0 spiro atoms. The van der Waals surface area contributed by atoms with Crippen LogP contribution in [0.5, 0.6) is 0 Å². The van der Waals surface area contributed by atoms with E-state index in [9.17, 15) is 4.79 Å². The average Bonchev–Trinajstić information content (AvgIpc) is 3.29. The molecule has 24 heavy (non-hydrogen) atoms. The van der Waals surface area contributed by atoms with E-state index < -0.39 is 0 Å². The van der Waals surface area contributed by atoms with E-state index in [1.54, 1.807) is 7.11 Å². The molecule has 2 aromatic rings. The Kier molecular flexibility index (Phi) is 4.47. The number of piperidine rings is 1. The third-order valence-corrected chi connectivity index (χ3v) is 5.84. The van der Waals surface area contributed by atoms with Crippen LogP contribution < -0.4 is 0 Å². The Morgan fingerprint density at radius 2 is 1.96 bits per heavy atom. The second-order valence-electron chi connectivity index (χ2n) is 6.63. The summed E-state index contributed by atoms with van der Waals surface area (Å²) < 4.78 is 13.9. The molecule has 2 aliphatic heterocycles. The van der Waals surface area contributed by atoms with E-state index in [0.717, 1.165) is 56.5 Å². The SMILES string of the molecule is COC1CCN(C2CCN(C(=O)c3ccc4nsnc4c3)CC2)C1. The summed E-state index contributed by atoms with van der Waals surface area (Å²) in [6.07, 6.45) is 3.59. The van der Waals surface area contributed by atoms with Gasteiger partial charge in [-0.25, -0.2) is 0 Å². The molecule has 1 aromatic heterocycles. The standard InChI is InChI=1S/C17H22N4O2S/c1-23-14-6-9-21(11-14)13-4-7-20(8-5-13)17(22)12-2-3-15-16(10-12)19-24-18-15/h2-3,10,13-14H,4-9,11H2,1H3. The van der Waals surface area contributed by atoms with Gasteiger partial charge < -0.3 is 9.64 Å². The number of ether oxygens (including phenoxy) is 1. The van der Waals surface area contributed by atoms with E-state index in [4.69, 9.17) is 4.74 Å². The predicted molar refractivity (Wildman–Crippen MR) is 93.3 cm³/mol. The topological polar surface area (TPSA) is 58.6 Å². The molecule has 1 amide bonds. The summed E-state index contributed by atoms with van der Waals surface area (Å²) in [6, 6.07) is 6.19. The van der Waals surface area contributed by atoms with Gasteiger partial charge in [0.25, 0.3) is 5.91 Å². The van der Waals surface area contributed by atoms with Crippen molar-refractivity contribution in [3.8, 4) is 0 Å². The van der Waals surface area contributed by atoms with Crippen LogP contribution in [0.3, 0.4) is 0 Å². The van der Waals surface area contributed by atoms with Crippen molar-refractivity contribution in [2.75, 3.05) is 33.3 Å². The van der Waals surface area contributed by atoms with Crippen molar-refractivity contribution in [1.82, 2.24) is 18.5 Å². The van der Waals surface area contributed by atoms with Gasteiger partial charge in [-0.15, -0.1) is 0 Å². The van der Waals surface area contributed by atoms with Crippen molar-refractivity contribution in [3.63, 3.8) is 0 Å². The van der Waals surface area contributed by atoms with E-state index in [0.29, 0.717) is 17.7 Å². The molecule has 6 nitrogen and oxygen atoms in total. The molecule has 2 aliphatic rings. The number of benzene rings is 1. The summed E-state index contributed by atoms with van der Waals surface area (Å²) in [7, 11) is 1.80. The maximum absolute atomic E-state index is 12.7. The number of hydrogen-bond acceptors (Lipinski definition) is 6. The molecule has 0 aliphatic carbocycles. The van der Waals surface area contributed by atoms with Crippen LogP contribution in [0.2, 0.25) is 0 Å². The molecule has 1 unspecified atom stereocenters. The number of amides is 1. The zero-order chi connectivity index (χ0) is 16.5. The minimum absolute atomic E-state index is 0.111. The van der Waals surface area contributed by atoms with Gasteiger partial charge in [0.05, 0.1) is 17.8 Å². The summed E-state index contributed by atoms with van der Waals surface area (Å²) in [6.45, 7) is 3.79. The number of carbonyl (C=O) groups excluding carboxylic acids is 1. The fourth-order valence-electron chi connectivity index (χ4n) is 3.81. The minimum atomic E-state index is 0.111. The molecule has 0 saturated carbocycles. The Labute approximate surface area is 145 Å².